The molecule has 0 spiro atoms. The molecule has 0 saturated heterocycles. The maximum atomic E-state index is 12.2. The van der Waals surface area contributed by atoms with Gasteiger partial charge < -0.3 is 4.98 Å². The summed E-state index contributed by atoms with van der Waals surface area (Å²) in [6.45, 7) is -0.548. The van der Waals surface area contributed by atoms with Crippen LogP contribution < -0.4 is 0 Å². The van der Waals surface area contributed by atoms with Gasteiger partial charge in [0.15, 0.2) is 0 Å². The average Bonchev–Trinajstić information content (AvgIpc) is 2.67. The number of nitrogens with zero attached hydrogens (tertiary/aromatic N) is 3. The van der Waals surface area contributed by atoms with Gasteiger partial charge in [-0.2, -0.15) is 17.2 Å². The third kappa shape index (κ3) is 2.25. The Labute approximate surface area is 94.3 Å². The minimum Gasteiger partial charge on any atom is -0.389 e. The zero-order valence-electron chi connectivity index (χ0n) is 7.15. The molecule has 14 heavy (non-hydrogen) atoms. The SMILES string of the molecule is FCc1ccn(-c2[c-]ccnc2)n1.[Ir]. The van der Waals surface area contributed by atoms with Gasteiger partial charge in [0.25, 0.3) is 0 Å². The monoisotopic (exact) mass is 369 g/mol. The van der Waals surface area contributed by atoms with Crippen LogP contribution in [0.5, 0.6) is 0 Å². The van der Waals surface area contributed by atoms with E-state index in [4.69, 9.17) is 0 Å². The number of alkyl halides is 1. The van der Waals surface area contributed by atoms with Gasteiger partial charge in [-0.05, 0) is 11.8 Å². The van der Waals surface area contributed by atoms with E-state index >= 15 is 0 Å². The van der Waals surface area contributed by atoms with Crippen molar-refractivity contribution in [3.05, 3.63) is 42.5 Å². The molecule has 2 aromatic rings. The molecule has 0 aliphatic carbocycles. The Kier molecular flexibility index (Phi) is 3.92. The van der Waals surface area contributed by atoms with Crippen LogP contribution in [0.15, 0.2) is 30.7 Å². The summed E-state index contributed by atoms with van der Waals surface area (Å²) < 4.78 is 13.7. The van der Waals surface area contributed by atoms with E-state index in [0.29, 0.717) is 11.4 Å². The van der Waals surface area contributed by atoms with Gasteiger partial charge in [0.1, 0.15) is 6.67 Å². The number of hydrogen-bond acceptors (Lipinski definition) is 2. The van der Waals surface area contributed by atoms with E-state index in [0.717, 1.165) is 0 Å². The van der Waals surface area contributed by atoms with Crippen molar-refractivity contribution >= 4 is 0 Å². The minimum atomic E-state index is -0.548. The molecular weight excluding hydrogens is 361 g/mol. The summed E-state index contributed by atoms with van der Waals surface area (Å²) in [5, 5.41) is 3.97. The van der Waals surface area contributed by atoms with E-state index in [1.165, 1.54) is 0 Å². The summed E-state index contributed by atoms with van der Waals surface area (Å²) in [5.74, 6) is 0. The predicted octanol–water partition coefficient (Wildman–Crippen LogP) is 1.53. The summed E-state index contributed by atoms with van der Waals surface area (Å²) in [5.41, 5.74) is 1.12. The quantitative estimate of drug-likeness (QED) is 0.753. The number of aromatic nitrogens is 3. The van der Waals surface area contributed by atoms with E-state index in [9.17, 15) is 4.39 Å². The van der Waals surface area contributed by atoms with Gasteiger partial charge in [-0.3, -0.25) is 4.68 Å². The van der Waals surface area contributed by atoms with Crippen molar-refractivity contribution in [1.29, 1.82) is 0 Å². The second-order valence-electron chi connectivity index (χ2n) is 2.51. The van der Waals surface area contributed by atoms with Crippen molar-refractivity contribution < 1.29 is 24.5 Å². The fraction of sp³-hybridized carbons (Fsp3) is 0.111. The molecule has 0 saturated carbocycles. The molecule has 2 rings (SSSR count). The third-order valence-corrected chi connectivity index (χ3v) is 1.62. The van der Waals surface area contributed by atoms with Crippen LogP contribution in [-0.2, 0) is 26.8 Å². The van der Waals surface area contributed by atoms with E-state index < -0.39 is 6.67 Å². The minimum absolute atomic E-state index is 0. The maximum absolute atomic E-state index is 12.2. The predicted molar refractivity (Wildman–Crippen MR) is 45.0 cm³/mol. The molecule has 0 aliphatic heterocycles. The van der Waals surface area contributed by atoms with Gasteiger partial charge in [0, 0.05) is 26.3 Å². The standard InChI is InChI=1S/C9H7FN3.Ir/c10-6-8-3-5-13(12-8)9-2-1-4-11-7-9;/h1,3-5,7H,6H2;/q-1;. The molecule has 2 heterocycles. The zero-order chi connectivity index (χ0) is 9.10. The first-order valence-electron chi connectivity index (χ1n) is 3.83. The molecule has 0 unspecified atom stereocenters. The summed E-state index contributed by atoms with van der Waals surface area (Å²) in [7, 11) is 0. The van der Waals surface area contributed by atoms with E-state index in [-0.39, 0.29) is 20.1 Å². The van der Waals surface area contributed by atoms with Gasteiger partial charge in [0.05, 0.1) is 5.69 Å². The maximum Gasteiger partial charge on any atom is 0.133 e. The topological polar surface area (TPSA) is 30.7 Å². The first kappa shape index (κ1) is 11.0. The molecule has 2 aromatic heterocycles. The number of hydrogen-bond donors (Lipinski definition) is 0. The molecule has 0 N–H and O–H groups in total. The van der Waals surface area contributed by atoms with Crippen LogP contribution in [-0.4, -0.2) is 14.8 Å². The molecule has 3 nitrogen and oxygen atoms in total. The summed E-state index contributed by atoms with van der Waals surface area (Å²) in [6.07, 6.45) is 4.93. The largest absolute Gasteiger partial charge is 0.389 e. The van der Waals surface area contributed by atoms with E-state index in [1.807, 2.05) is 0 Å². The van der Waals surface area contributed by atoms with Gasteiger partial charge in [-0.15, -0.1) is 0 Å². The molecule has 0 atom stereocenters. The average molecular weight is 368 g/mol. The smallest absolute Gasteiger partial charge is 0.133 e. The van der Waals surface area contributed by atoms with Crippen LogP contribution >= 0.6 is 0 Å². The van der Waals surface area contributed by atoms with Crippen molar-refractivity contribution in [1.82, 2.24) is 14.8 Å². The Morgan fingerprint density at radius 1 is 1.50 bits per heavy atom. The van der Waals surface area contributed by atoms with Gasteiger partial charge >= 0.3 is 0 Å². The Morgan fingerprint density at radius 2 is 2.36 bits per heavy atom. The Hall–Kier alpha value is -1.06. The molecular formula is C9H7FIrN3-. The van der Waals surface area contributed by atoms with Crippen LogP contribution in [0.4, 0.5) is 4.39 Å². The second-order valence-corrected chi connectivity index (χ2v) is 2.51. The van der Waals surface area contributed by atoms with Crippen molar-refractivity contribution in [2.24, 2.45) is 0 Å². The fourth-order valence-electron chi connectivity index (χ4n) is 1.01. The summed E-state index contributed by atoms with van der Waals surface area (Å²) >= 11 is 0. The third-order valence-electron chi connectivity index (χ3n) is 1.62. The number of rotatable bonds is 2. The van der Waals surface area contributed by atoms with E-state index in [2.05, 4.69) is 16.1 Å². The Balaban J connectivity index is 0.000000980. The van der Waals surface area contributed by atoms with Crippen LogP contribution in [0.3, 0.4) is 0 Å². The first-order valence-corrected chi connectivity index (χ1v) is 3.83. The Bertz CT molecular complexity index is 388. The molecule has 75 valence electrons. The van der Waals surface area contributed by atoms with Crippen molar-refractivity contribution in [2.45, 2.75) is 6.67 Å². The number of halogens is 1. The summed E-state index contributed by atoms with van der Waals surface area (Å²) in [4.78, 5) is 3.91. The zero-order valence-corrected chi connectivity index (χ0v) is 9.54. The van der Waals surface area contributed by atoms with Crippen LogP contribution in [0.1, 0.15) is 5.69 Å². The van der Waals surface area contributed by atoms with E-state index in [1.54, 1.807) is 35.4 Å². The van der Waals surface area contributed by atoms with Crippen LogP contribution in [0.25, 0.3) is 5.69 Å². The Morgan fingerprint density at radius 3 is 2.93 bits per heavy atom. The molecule has 0 bridgehead atoms. The fourth-order valence-corrected chi connectivity index (χ4v) is 1.01. The van der Waals surface area contributed by atoms with Crippen LogP contribution in [0.2, 0.25) is 0 Å². The van der Waals surface area contributed by atoms with Gasteiger partial charge in [-0.25, -0.2) is 4.39 Å². The molecule has 0 aromatic carbocycles. The molecule has 0 fully saturated rings. The summed E-state index contributed by atoms with van der Waals surface area (Å²) in [6, 6.07) is 6.25. The molecule has 0 amide bonds. The van der Waals surface area contributed by atoms with Gasteiger partial charge in [0.2, 0.25) is 0 Å². The molecule has 0 aliphatic rings. The van der Waals surface area contributed by atoms with Crippen LogP contribution in [0, 0.1) is 6.07 Å². The molecule has 5 heteroatoms. The second kappa shape index (κ2) is 4.98. The van der Waals surface area contributed by atoms with Gasteiger partial charge in [-0.1, -0.05) is 12.4 Å². The first-order chi connectivity index (χ1) is 6.40. The van der Waals surface area contributed by atoms with Crippen molar-refractivity contribution in [3.63, 3.8) is 0 Å². The number of pyridine rings is 1. The normalized spacial score (nSPS) is 9.50. The molecule has 1 radical (unpaired) electrons. The van der Waals surface area contributed by atoms with Crippen molar-refractivity contribution in [3.8, 4) is 5.69 Å². The van der Waals surface area contributed by atoms with Crippen molar-refractivity contribution in [2.75, 3.05) is 0 Å².